The number of hydrogen-bond donors (Lipinski definition) is 2. The lowest BCUT2D eigenvalue weighted by Gasteiger charge is -2.01. The molecule has 0 radical (unpaired) electrons. The summed E-state index contributed by atoms with van der Waals surface area (Å²) < 4.78 is 9.77. The van der Waals surface area contributed by atoms with Crippen LogP contribution >= 0.6 is 0 Å². The van der Waals surface area contributed by atoms with E-state index in [9.17, 15) is 4.79 Å². The van der Waals surface area contributed by atoms with E-state index in [0.29, 0.717) is 17.3 Å². The van der Waals surface area contributed by atoms with Gasteiger partial charge in [-0.05, 0) is 12.1 Å². The van der Waals surface area contributed by atoms with E-state index >= 15 is 0 Å². The van der Waals surface area contributed by atoms with Gasteiger partial charge in [0.25, 0.3) is 5.91 Å². The second-order valence-corrected chi connectivity index (χ2v) is 3.54. The Kier molecular flexibility index (Phi) is 3.54. The van der Waals surface area contributed by atoms with Crippen LogP contribution in [-0.4, -0.2) is 23.2 Å². The van der Waals surface area contributed by atoms with Crippen LogP contribution in [0.5, 0.6) is 0 Å². The Balaban J connectivity index is 2.04. The molecule has 0 aliphatic rings. The summed E-state index contributed by atoms with van der Waals surface area (Å²) in [4.78, 5) is 15.6. The molecular formula is C11H12N4O3. The second-order valence-electron chi connectivity index (χ2n) is 3.54. The summed E-state index contributed by atoms with van der Waals surface area (Å²) in [5, 5.41) is 6.26. The Morgan fingerprint density at radius 2 is 2.39 bits per heavy atom. The fourth-order valence-electron chi connectivity index (χ4n) is 1.30. The van der Waals surface area contributed by atoms with Gasteiger partial charge in [0.05, 0.1) is 11.9 Å². The molecule has 0 fully saturated rings. The standard InChI is InChI=1S/C11H12N4O3/c1-17-6-8-4-9(15-18-8)11(16)14-7-2-3-10(12)13-5-7/h2-5H,6H2,1H3,(H2,12,13)(H,14,16). The lowest BCUT2D eigenvalue weighted by atomic mass is 10.3. The lowest BCUT2D eigenvalue weighted by molar-refractivity contribution is 0.101. The van der Waals surface area contributed by atoms with Gasteiger partial charge in [0.2, 0.25) is 0 Å². The predicted molar refractivity (Wildman–Crippen MR) is 63.8 cm³/mol. The van der Waals surface area contributed by atoms with Crippen molar-refractivity contribution in [3.8, 4) is 0 Å². The van der Waals surface area contributed by atoms with Crippen LogP contribution in [0.25, 0.3) is 0 Å². The number of carbonyl (C=O) groups is 1. The van der Waals surface area contributed by atoms with E-state index in [1.807, 2.05) is 0 Å². The Hall–Kier alpha value is -2.41. The number of anilines is 2. The van der Waals surface area contributed by atoms with Gasteiger partial charge in [-0.2, -0.15) is 0 Å². The highest BCUT2D eigenvalue weighted by Gasteiger charge is 2.12. The number of rotatable bonds is 4. The van der Waals surface area contributed by atoms with Crippen molar-refractivity contribution in [3.05, 3.63) is 35.9 Å². The van der Waals surface area contributed by atoms with Gasteiger partial charge in [0.15, 0.2) is 11.5 Å². The molecule has 0 aromatic carbocycles. The van der Waals surface area contributed by atoms with Crippen molar-refractivity contribution in [1.29, 1.82) is 0 Å². The average Bonchev–Trinajstić information content (AvgIpc) is 2.81. The van der Waals surface area contributed by atoms with Crippen molar-refractivity contribution >= 4 is 17.4 Å². The Morgan fingerprint density at radius 1 is 1.56 bits per heavy atom. The van der Waals surface area contributed by atoms with Gasteiger partial charge in [0.1, 0.15) is 12.4 Å². The number of nitrogens with zero attached hydrogens (tertiary/aromatic N) is 2. The fourth-order valence-corrected chi connectivity index (χ4v) is 1.30. The zero-order valence-electron chi connectivity index (χ0n) is 9.71. The molecule has 0 aliphatic carbocycles. The molecule has 2 aromatic heterocycles. The first-order valence-corrected chi connectivity index (χ1v) is 5.16. The summed E-state index contributed by atoms with van der Waals surface area (Å²) in [5.74, 6) is 0.488. The highest BCUT2D eigenvalue weighted by Crippen LogP contribution is 2.10. The highest BCUT2D eigenvalue weighted by atomic mass is 16.5. The van der Waals surface area contributed by atoms with Gasteiger partial charge in [-0.3, -0.25) is 4.79 Å². The molecule has 0 unspecified atom stereocenters. The summed E-state index contributed by atoms with van der Waals surface area (Å²) in [7, 11) is 1.53. The summed E-state index contributed by atoms with van der Waals surface area (Å²) >= 11 is 0. The van der Waals surface area contributed by atoms with Crippen molar-refractivity contribution in [2.24, 2.45) is 0 Å². The van der Waals surface area contributed by atoms with Crippen LogP contribution < -0.4 is 11.1 Å². The zero-order valence-corrected chi connectivity index (χ0v) is 9.71. The first-order chi connectivity index (χ1) is 8.69. The van der Waals surface area contributed by atoms with Crippen LogP contribution in [0.3, 0.4) is 0 Å². The summed E-state index contributed by atoms with van der Waals surface area (Å²) in [6, 6.07) is 4.76. The molecule has 1 amide bonds. The smallest absolute Gasteiger partial charge is 0.277 e. The molecule has 7 nitrogen and oxygen atoms in total. The third kappa shape index (κ3) is 2.83. The first kappa shape index (κ1) is 12.1. The maximum Gasteiger partial charge on any atom is 0.277 e. The number of ether oxygens (including phenoxy) is 1. The maximum absolute atomic E-state index is 11.8. The van der Waals surface area contributed by atoms with Crippen molar-refractivity contribution in [1.82, 2.24) is 10.1 Å². The van der Waals surface area contributed by atoms with E-state index in [-0.39, 0.29) is 18.2 Å². The Labute approximate surface area is 103 Å². The van der Waals surface area contributed by atoms with E-state index in [1.165, 1.54) is 19.4 Å². The van der Waals surface area contributed by atoms with Crippen molar-refractivity contribution < 1.29 is 14.1 Å². The number of hydrogen-bond acceptors (Lipinski definition) is 6. The van der Waals surface area contributed by atoms with Gasteiger partial charge >= 0.3 is 0 Å². The third-order valence-electron chi connectivity index (χ3n) is 2.12. The second kappa shape index (κ2) is 5.28. The normalized spacial score (nSPS) is 10.3. The van der Waals surface area contributed by atoms with Gasteiger partial charge in [-0.25, -0.2) is 4.98 Å². The van der Waals surface area contributed by atoms with E-state index in [2.05, 4.69) is 15.5 Å². The molecule has 0 saturated carbocycles. The molecule has 2 aromatic rings. The van der Waals surface area contributed by atoms with Gasteiger partial charge in [-0.15, -0.1) is 0 Å². The molecule has 94 valence electrons. The molecule has 0 saturated heterocycles. The number of carbonyl (C=O) groups excluding carboxylic acids is 1. The Morgan fingerprint density at radius 3 is 3.06 bits per heavy atom. The highest BCUT2D eigenvalue weighted by molar-refractivity contribution is 6.02. The SMILES string of the molecule is COCc1cc(C(=O)Nc2ccc(N)nc2)no1. The first-order valence-electron chi connectivity index (χ1n) is 5.16. The van der Waals surface area contributed by atoms with E-state index in [1.54, 1.807) is 12.1 Å². The molecular weight excluding hydrogens is 236 g/mol. The molecule has 7 heteroatoms. The minimum Gasteiger partial charge on any atom is -0.384 e. The molecule has 0 bridgehead atoms. The van der Waals surface area contributed by atoms with Gasteiger partial charge < -0.3 is 20.3 Å². The van der Waals surface area contributed by atoms with Crippen LogP contribution in [0.2, 0.25) is 0 Å². The molecule has 2 rings (SSSR count). The summed E-state index contributed by atoms with van der Waals surface area (Å²) in [5.41, 5.74) is 6.15. The summed E-state index contributed by atoms with van der Waals surface area (Å²) in [6.45, 7) is 0.268. The third-order valence-corrected chi connectivity index (χ3v) is 2.12. The molecule has 0 aliphatic heterocycles. The van der Waals surface area contributed by atoms with Gasteiger partial charge in [-0.1, -0.05) is 5.16 Å². The maximum atomic E-state index is 11.8. The number of nitrogens with two attached hydrogens (primary N) is 1. The lowest BCUT2D eigenvalue weighted by Crippen LogP contribution is -2.12. The van der Waals surface area contributed by atoms with Crippen LogP contribution in [0.4, 0.5) is 11.5 Å². The minimum atomic E-state index is -0.382. The monoisotopic (exact) mass is 248 g/mol. The van der Waals surface area contributed by atoms with Crippen molar-refractivity contribution in [2.45, 2.75) is 6.61 Å². The number of nitrogens with one attached hydrogen (secondary N) is 1. The van der Waals surface area contributed by atoms with Crippen molar-refractivity contribution in [2.75, 3.05) is 18.2 Å². The molecule has 3 N–H and O–H groups in total. The summed E-state index contributed by atoms with van der Waals surface area (Å²) in [6.07, 6.45) is 1.46. The van der Waals surface area contributed by atoms with Crippen LogP contribution in [0.15, 0.2) is 28.9 Å². The predicted octanol–water partition coefficient (Wildman–Crippen LogP) is 1.05. The molecule has 0 atom stereocenters. The molecule has 2 heterocycles. The number of pyridine rings is 1. The van der Waals surface area contributed by atoms with Crippen LogP contribution in [-0.2, 0) is 11.3 Å². The topological polar surface area (TPSA) is 103 Å². The molecule has 0 spiro atoms. The zero-order chi connectivity index (χ0) is 13.0. The number of aromatic nitrogens is 2. The largest absolute Gasteiger partial charge is 0.384 e. The van der Waals surface area contributed by atoms with Crippen molar-refractivity contribution in [3.63, 3.8) is 0 Å². The molecule has 18 heavy (non-hydrogen) atoms. The number of amides is 1. The quantitative estimate of drug-likeness (QED) is 0.838. The van der Waals surface area contributed by atoms with E-state index in [0.717, 1.165) is 0 Å². The van der Waals surface area contributed by atoms with E-state index < -0.39 is 0 Å². The van der Waals surface area contributed by atoms with E-state index in [4.69, 9.17) is 15.0 Å². The average molecular weight is 248 g/mol. The minimum absolute atomic E-state index is 0.180. The fraction of sp³-hybridized carbons (Fsp3) is 0.182. The van der Waals surface area contributed by atoms with Crippen LogP contribution in [0.1, 0.15) is 16.2 Å². The number of methoxy groups -OCH3 is 1. The Bertz CT molecular complexity index is 535. The van der Waals surface area contributed by atoms with Gasteiger partial charge in [0, 0.05) is 13.2 Å². The number of nitrogen functional groups attached to an aromatic ring is 1. The van der Waals surface area contributed by atoms with Crippen LogP contribution in [0, 0.1) is 0 Å².